The smallest absolute Gasteiger partial charge is 0.223 e. The summed E-state index contributed by atoms with van der Waals surface area (Å²) < 4.78 is 0.858. The number of pyridine rings is 2. The summed E-state index contributed by atoms with van der Waals surface area (Å²) in [5.74, 6) is 0.482. The van der Waals surface area contributed by atoms with Gasteiger partial charge in [0.05, 0.1) is 6.20 Å². The van der Waals surface area contributed by atoms with Gasteiger partial charge in [0.1, 0.15) is 11.4 Å². The molecule has 6 nitrogen and oxygen atoms in total. The summed E-state index contributed by atoms with van der Waals surface area (Å²) in [6.45, 7) is 0. The van der Waals surface area contributed by atoms with Crippen molar-refractivity contribution in [3.05, 3.63) is 47.3 Å². The van der Waals surface area contributed by atoms with Crippen molar-refractivity contribution >= 4 is 15.9 Å². The van der Waals surface area contributed by atoms with Gasteiger partial charge in [-0.25, -0.2) is 0 Å². The molecule has 88 valence electrons. The molecule has 0 saturated carbocycles. The minimum atomic E-state index is 0.482. The number of hydrogen-bond donors (Lipinski definition) is 0. The van der Waals surface area contributed by atoms with E-state index in [9.17, 15) is 0 Å². The summed E-state index contributed by atoms with van der Waals surface area (Å²) in [6.07, 6.45) is 5.05. The number of rotatable bonds is 2. The van der Waals surface area contributed by atoms with Crippen LogP contribution in [0.4, 0.5) is 0 Å². The highest BCUT2D eigenvalue weighted by Gasteiger charge is 2.08. The summed E-state index contributed by atoms with van der Waals surface area (Å²) in [4.78, 5) is 9.64. The van der Waals surface area contributed by atoms with Crippen LogP contribution in [-0.4, -0.2) is 30.2 Å². The van der Waals surface area contributed by atoms with E-state index >= 15 is 0 Å². The second-order valence-corrected chi connectivity index (χ2v) is 4.39. The molecule has 0 atom stereocenters. The molecular weight excluding hydrogens is 296 g/mol. The Bertz CT molecular complexity index is 666. The zero-order valence-electron chi connectivity index (χ0n) is 9.10. The molecule has 0 aliphatic rings. The van der Waals surface area contributed by atoms with Gasteiger partial charge < -0.3 is 0 Å². The Morgan fingerprint density at radius 3 is 2.89 bits per heavy atom. The third-order valence-electron chi connectivity index (χ3n) is 2.23. The molecule has 3 heterocycles. The average molecular weight is 303 g/mol. The molecule has 3 rings (SSSR count). The number of aromatic nitrogens is 6. The number of hydrogen-bond acceptors (Lipinski definition) is 5. The molecule has 18 heavy (non-hydrogen) atoms. The van der Waals surface area contributed by atoms with Crippen molar-refractivity contribution in [3.63, 3.8) is 0 Å². The van der Waals surface area contributed by atoms with Crippen LogP contribution >= 0.6 is 15.9 Å². The van der Waals surface area contributed by atoms with Gasteiger partial charge in [-0.2, -0.15) is 0 Å². The Morgan fingerprint density at radius 1 is 1.17 bits per heavy atom. The van der Waals surface area contributed by atoms with Crippen LogP contribution in [0.25, 0.3) is 17.2 Å². The molecule has 0 unspecified atom stereocenters. The Labute approximate surface area is 111 Å². The molecule has 0 spiro atoms. The van der Waals surface area contributed by atoms with Crippen LogP contribution in [0.1, 0.15) is 0 Å². The van der Waals surface area contributed by atoms with Gasteiger partial charge in [-0.05, 0) is 39.3 Å². The Morgan fingerprint density at radius 2 is 2.11 bits per heavy atom. The van der Waals surface area contributed by atoms with E-state index in [4.69, 9.17) is 0 Å². The van der Waals surface area contributed by atoms with E-state index in [1.165, 1.54) is 4.80 Å². The van der Waals surface area contributed by atoms with Crippen molar-refractivity contribution in [1.29, 1.82) is 0 Å². The lowest BCUT2D eigenvalue weighted by atomic mass is 10.3. The van der Waals surface area contributed by atoms with Crippen molar-refractivity contribution in [2.45, 2.75) is 0 Å². The van der Waals surface area contributed by atoms with Crippen molar-refractivity contribution in [2.24, 2.45) is 0 Å². The van der Waals surface area contributed by atoms with Crippen LogP contribution in [0.2, 0.25) is 0 Å². The maximum atomic E-state index is 4.26. The predicted octanol–water partition coefficient (Wildman–Crippen LogP) is 1.88. The topological polar surface area (TPSA) is 69.4 Å². The highest BCUT2D eigenvalue weighted by molar-refractivity contribution is 9.10. The van der Waals surface area contributed by atoms with Crippen LogP contribution in [-0.2, 0) is 0 Å². The maximum absolute atomic E-state index is 4.26. The first-order valence-corrected chi connectivity index (χ1v) is 5.94. The number of tetrazole rings is 1. The molecule has 0 fully saturated rings. The van der Waals surface area contributed by atoms with Gasteiger partial charge in [-0.15, -0.1) is 15.0 Å². The maximum Gasteiger partial charge on any atom is 0.223 e. The molecule has 7 heteroatoms. The predicted molar refractivity (Wildman–Crippen MR) is 67.9 cm³/mol. The number of halogens is 1. The zero-order valence-corrected chi connectivity index (χ0v) is 10.7. The quantitative estimate of drug-likeness (QED) is 0.723. The third kappa shape index (κ3) is 2.12. The van der Waals surface area contributed by atoms with Crippen LogP contribution in [0.15, 0.2) is 47.3 Å². The van der Waals surface area contributed by atoms with Crippen LogP contribution in [0.5, 0.6) is 0 Å². The molecule has 3 aromatic rings. The van der Waals surface area contributed by atoms with E-state index in [2.05, 4.69) is 41.3 Å². The van der Waals surface area contributed by atoms with E-state index in [0.717, 1.165) is 10.2 Å². The molecule has 0 saturated heterocycles. The molecule has 0 radical (unpaired) electrons. The minimum absolute atomic E-state index is 0.482. The first kappa shape index (κ1) is 11.0. The molecule has 0 aliphatic carbocycles. The van der Waals surface area contributed by atoms with Gasteiger partial charge in [0.2, 0.25) is 5.82 Å². The average Bonchev–Trinajstić information content (AvgIpc) is 2.89. The molecular formula is C11H7BrN6. The molecule has 0 N–H and O–H groups in total. The Balaban J connectivity index is 2.00. The monoisotopic (exact) mass is 302 g/mol. The van der Waals surface area contributed by atoms with Crippen molar-refractivity contribution in [2.75, 3.05) is 0 Å². The summed E-state index contributed by atoms with van der Waals surface area (Å²) in [7, 11) is 0. The summed E-state index contributed by atoms with van der Waals surface area (Å²) in [5.41, 5.74) is 1.42. The van der Waals surface area contributed by atoms with E-state index in [0.29, 0.717) is 11.5 Å². The molecule has 0 bridgehead atoms. The van der Waals surface area contributed by atoms with E-state index < -0.39 is 0 Å². The van der Waals surface area contributed by atoms with Crippen molar-refractivity contribution < 1.29 is 0 Å². The lowest BCUT2D eigenvalue weighted by Gasteiger charge is -1.97. The fourth-order valence-electron chi connectivity index (χ4n) is 1.43. The van der Waals surface area contributed by atoms with Gasteiger partial charge in [-0.3, -0.25) is 9.97 Å². The SMILES string of the molecule is Brc1cncc(-n2nnc(-c3ccccn3)n2)c1. The van der Waals surface area contributed by atoms with Crippen molar-refractivity contribution in [3.8, 4) is 17.2 Å². The molecule has 3 aromatic heterocycles. The van der Waals surface area contributed by atoms with Gasteiger partial charge >= 0.3 is 0 Å². The molecule has 0 amide bonds. The van der Waals surface area contributed by atoms with Gasteiger partial charge in [-0.1, -0.05) is 6.07 Å². The van der Waals surface area contributed by atoms with Gasteiger partial charge in [0, 0.05) is 16.9 Å². The largest absolute Gasteiger partial charge is 0.261 e. The summed E-state index contributed by atoms with van der Waals surface area (Å²) in [5, 5.41) is 12.2. The summed E-state index contributed by atoms with van der Waals surface area (Å²) >= 11 is 3.35. The summed E-state index contributed by atoms with van der Waals surface area (Å²) in [6, 6.07) is 7.41. The second kappa shape index (κ2) is 4.61. The fourth-order valence-corrected chi connectivity index (χ4v) is 1.78. The molecule has 0 aromatic carbocycles. The van der Waals surface area contributed by atoms with Gasteiger partial charge in [0.25, 0.3) is 0 Å². The van der Waals surface area contributed by atoms with Crippen LogP contribution < -0.4 is 0 Å². The third-order valence-corrected chi connectivity index (χ3v) is 2.66. The Hall–Kier alpha value is -2.15. The number of nitrogens with zero attached hydrogens (tertiary/aromatic N) is 6. The highest BCUT2D eigenvalue weighted by atomic mass is 79.9. The van der Waals surface area contributed by atoms with Gasteiger partial charge in [0.15, 0.2) is 0 Å². The lowest BCUT2D eigenvalue weighted by Crippen LogP contribution is -1.99. The van der Waals surface area contributed by atoms with Crippen LogP contribution in [0.3, 0.4) is 0 Å². The first-order valence-electron chi connectivity index (χ1n) is 5.15. The van der Waals surface area contributed by atoms with E-state index in [1.54, 1.807) is 18.6 Å². The fraction of sp³-hybridized carbons (Fsp3) is 0. The van der Waals surface area contributed by atoms with E-state index in [-0.39, 0.29) is 0 Å². The van der Waals surface area contributed by atoms with Crippen LogP contribution in [0, 0.1) is 0 Å². The van der Waals surface area contributed by atoms with Crippen molar-refractivity contribution in [1.82, 2.24) is 30.2 Å². The minimum Gasteiger partial charge on any atom is -0.261 e. The highest BCUT2D eigenvalue weighted by Crippen LogP contribution is 2.14. The first-order chi connectivity index (χ1) is 8.83. The standard InChI is InChI=1S/C11H7BrN6/c12-8-5-9(7-13-6-8)18-16-11(15-17-18)10-3-1-2-4-14-10/h1-7H. The Kier molecular flexibility index (Phi) is 2.81. The second-order valence-electron chi connectivity index (χ2n) is 3.48. The lowest BCUT2D eigenvalue weighted by molar-refractivity contribution is 0.716. The normalized spacial score (nSPS) is 10.5. The van der Waals surface area contributed by atoms with E-state index in [1.807, 2.05) is 24.3 Å². The zero-order chi connectivity index (χ0) is 12.4. The molecule has 0 aliphatic heterocycles.